The Labute approximate surface area is 141 Å². The lowest BCUT2D eigenvalue weighted by Gasteiger charge is -2.46. The Bertz CT molecular complexity index is 557. The Balaban J connectivity index is 2.01. The summed E-state index contributed by atoms with van der Waals surface area (Å²) in [7, 11) is 0. The van der Waals surface area contributed by atoms with E-state index in [2.05, 4.69) is 43.6 Å². The third-order valence-electron chi connectivity index (χ3n) is 3.70. The second-order valence-electron chi connectivity index (χ2n) is 7.22. The summed E-state index contributed by atoms with van der Waals surface area (Å²) in [6, 6.07) is 4.83. The van der Waals surface area contributed by atoms with Crippen LogP contribution in [-0.4, -0.2) is 23.2 Å². The van der Waals surface area contributed by atoms with Crippen LogP contribution in [0.1, 0.15) is 40.5 Å². The molecule has 6 heteroatoms. The van der Waals surface area contributed by atoms with Crippen LogP contribution >= 0.6 is 23.2 Å². The number of piperidine rings is 1. The topological polar surface area (TPSA) is 53.2 Å². The van der Waals surface area contributed by atoms with Crippen molar-refractivity contribution in [1.29, 1.82) is 0 Å². The molecule has 0 aliphatic carbocycles. The Morgan fingerprint density at radius 2 is 1.77 bits per heavy atom. The number of carbonyl (C=O) groups excluding carboxylic acids is 1. The first-order valence-corrected chi connectivity index (χ1v) is 8.14. The largest absolute Gasteiger partial charge is 0.335 e. The molecule has 3 N–H and O–H groups in total. The maximum absolute atomic E-state index is 12.2. The van der Waals surface area contributed by atoms with E-state index in [9.17, 15) is 4.79 Å². The molecule has 4 nitrogen and oxygen atoms in total. The van der Waals surface area contributed by atoms with Crippen LogP contribution in [0.5, 0.6) is 0 Å². The smallest absolute Gasteiger partial charge is 0.319 e. The number of nitrogens with one attached hydrogen (secondary N) is 3. The van der Waals surface area contributed by atoms with Gasteiger partial charge in [0.2, 0.25) is 0 Å². The summed E-state index contributed by atoms with van der Waals surface area (Å²) in [4.78, 5) is 12.2. The van der Waals surface area contributed by atoms with Crippen LogP contribution in [0.25, 0.3) is 0 Å². The molecule has 1 fully saturated rings. The maximum Gasteiger partial charge on any atom is 0.319 e. The molecule has 0 saturated carbocycles. The summed E-state index contributed by atoms with van der Waals surface area (Å²) in [5.74, 6) is 0. The Morgan fingerprint density at radius 3 is 2.36 bits per heavy atom. The zero-order valence-electron chi connectivity index (χ0n) is 13.4. The summed E-state index contributed by atoms with van der Waals surface area (Å²) in [5, 5.41) is 10.4. The molecule has 0 spiro atoms. The van der Waals surface area contributed by atoms with Gasteiger partial charge in [-0.15, -0.1) is 0 Å². The van der Waals surface area contributed by atoms with E-state index in [1.165, 1.54) is 0 Å². The number of urea groups is 1. The van der Waals surface area contributed by atoms with Gasteiger partial charge >= 0.3 is 6.03 Å². The van der Waals surface area contributed by atoms with Crippen LogP contribution in [0.3, 0.4) is 0 Å². The normalized spacial score (nSPS) is 20.5. The SMILES string of the molecule is CC1(C)CC(NC(=O)Nc2cc(Cl)ccc2Cl)CC(C)(C)N1. The summed E-state index contributed by atoms with van der Waals surface area (Å²) in [5.41, 5.74) is 0.472. The molecule has 2 rings (SSSR count). The van der Waals surface area contributed by atoms with Crippen LogP contribution < -0.4 is 16.0 Å². The minimum Gasteiger partial charge on any atom is -0.335 e. The maximum atomic E-state index is 12.2. The minimum absolute atomic E-state index is 0.0204. The van der Waals surface area contributed by atoms with E-state index in [1.54, 1.807) is 18.2 Å². The molecule has 1 aromatic rings. The van der Waals surface area contributed by atoms with Crippen molar-refractivity contribution >= 4 is 34.9 Å². The first kappa shape index (κ1) is 17.4. The predicted octanol–water partition coefficient (Wildman–Crippen LogP) is 4.42. The van der Waals surface area contributed by atoms with Gasteiger partial charge in [-0.25, -0.2) is 4.79 Å². The zero-order chi connectivity index (χ0) is 16.5. The van der Waals surface area contributed by atoms with Gasteiger partial charge in [-0.05, 0) is 58.7 Å². The first-order valence-electron chi connectivity index (χ1n) is 7.38. The third-order valence-corrected chi connectivity index (χ3v) is 4.27. The van der Waals surface area contributed by atoms with Gasteiger partial charge in [0.05, 0.1) is 10.7 Å². The molecular weight excluding hydrogens is 321 g/mol. The van der Waals surface area contributed by atoms with Gasteiger partial charge in [-0.1, -0.05) is 23.2 Å². The number of anilines is 1. The molecule has 0 aromatic heterocycles. The number of amides is 2. The van der Waals surface area contributed by atoms with Gasteiger partial charge in [0, 0.05) is 22.1 Å². The highest BCUT2D eigenvalue weighted by Gasteiger charge is 2.38. The van der Waals surface area contributed by atoms with Gasteiger partial charge in [0.25, 0.3) is 0 Å². The highest BCUT2D eigenvalue weighted by Crippen LogP contribution is 2.29. The molecule has 0 unspecified atom stereocenters. The molecule has 1 aromatic carbocycles. The van der Waals surface area contributed by atoms with Crippen molar-refractivity contribution in [3.8, 4) is 0 Å². The predicted molar refractivity (Wildman–Crippen MR) is 92.9 cm³/mol. The number of halogens is 2. The summed E-state index contributed by atoms with van der Waals surface area (Å²) >= 11 is 12.0. The molecule has 1 aliphatic heterocycles. The van der Waals surface area contributed by atoms with E-state index in [4.69, 9.17) is 23.2 Å². The van der Waals surface area contributed by atoms with Crippen molar-refractivity contribution in [2.45, 2.75) is 57.7 Å². The zero-order valence-corrected chi connectivity index (χ0v) is 14.9. The minimum atomic E-state index is -0.261. The van der Waals surface area contributed by atoms with E-state index in [0.717, 1.165) is 12.8 Å². The second kappa shape index (κ2) is 6.26. The van der Waals surface area contributed by atoms with Crippen molar-refractivity contribution in [2.75, 3.05) is 5.32 Å². The van der Waals surface area contributed by atoms with Crippen molar-refractivity contribution < 1.29 is 4.79 Å². The lowest BCUT2D eigenvalue weighted by molar-refractivity contribution is 0.149. The Hall–Kier alpha value is -0.970. The van der Waals surface area contributed by atoms with Crippen LogP contribution in [0.2, 0.25) is 10.0 Å². The highest BCUT2D eigenvalue weighted by atomic mass is 35.5. The molecule has 1 saturated heterocycles. The van der Waals surface area contributed by atoms with Crippen molar-refractivity contribution in [1.82, 2.24) is 10.6 Å². The molecule has 2 amide bonds. The fourth-order valence-electron chi connectivity index (χ4n) is 3.36. The quantitative estimate of drug-likeness (QED) is 0.744. The van der Waals surface area contributed by atoms with Crippen LogP contribution in [0.4, 0.5) is 10.5 Å². The van der Waals surface area contributed by atoms with Crippen molar-refractivity contribution in [3.63, 3.8) is 0 Å². The van der Waals surface area contributed by atoms with E-state index >= 15 is 0 Å². The van der Waals surface area contributed by atoms with E-state index in [-0.39, 0.29) is 23.2 Å². The van der Waals surface area contributed by atoms with E-state index in [1.807, 2.05) is 0 Å². The van der Waals surface area contributed by atoms with Crippen molar-refractivity contribution in [2.24, 2.45) is 0 Å². The number of hydrogen-bond acceptors (Lipinski definition) is 2. The molecule has 0 bridgehead atoms. The number of benzene rings is 1. The average molecular weight is 344 g/mol. The van der Waals surface area contributed by atoms with Gasteiger partial charge in [-0.3, -0.25) is 0 Å². The average Bonchev–Trinajstić information content (AvgIpc) is 2.29. The summed E-state index contributed by atoms with van der Waals surface area (Å²) in [6.45, 7) is 8.59. The molecule has 1 heterocycles. The van der Waals surface area contributed by atoms with Gasteiger partial charge < -0.3 is 16.0 Å². The third kappa shape index (κ3) is 4.77. The fraction of sp³-hybridized carbons (Fsp3) is 0.562. The lowest BCUT2D eigenvalue weighted by atomic mass is 9.80. The fourth-order valence-corrected chi connectivity index (χ4v) is 3.70. The molecule has 22 heavy (non-hydrogen) atoms. The Morgan fingerprint density at radius 1 is 1.18 bits per heavy atom. The van der Waals surface area contributed by atoms with E-state index in [0.29, 0.717) is 15.7 Å². The number of hydrogen-bond donors (Lipinski definition) is 3. The van der Waals surface area contributed by atoms with Crippen LogP contribution in [-0.2, 0) is 0 Å². The van der Waals surface area contributed by atoms with Gasteiger partial charge in [0.15, 0.2) is 0 Å². The molecular formula is C16H23Cl2N3O. The summed E-state index contributed by atoms with van der Waals surface area (Å²) in [6.07, 6.45) is 1.74. The number of rotatable bonds is 2. The van der Waals surface area contributed by atoms with Gasteiger partial charge in [-0.2, -0.15) is 0 Å². The second-order valence-corrected chi connectivity index (χ2v) is 8.06. The van der Waals surface area contributed by atoms with E-state index < -0.39 is 0 Å². The first-order chi connectivity index (χ1) is 10.1. The highest BCUT2D eigenvalue weighted by molar-refractivity contribution is 6.35. The van der Waals surface area contributed by atoms with Crippen molar-refractivity contribution in [3.05, 3.63) is 28.2 Å². The number of carbonyl (C=O) groups is 1. The van der Waals surface area contributed by atoms with Crippen LogP contribution in [0.15, 0.2) is 18.2 Å². The molecule has 122 valence electrons. The molecule has 1 aliphatic rings. The monoisotopic (exact) mass is 343 g/mol. The molecule has 0 atom stereocenters. The molecule has 0 radical (unpaired) electrons. The standard InChI is InChI=1S/C16H23Cl2N3O/c1-15(2)8-11(9-16(3,4)21-15)19-14(22)20-13-7-10(17)5-6-12(13)18/h5-7,11,21H,8-9H2,1-4H3,(H2,19,20,22). The van der Waals surface area contributed by atoms with Gasteiger partial charge in [0.1, 0.15) is 0 Å². The summed E-state index contributed by atoms with van der Waals surface area (Å²) < 4.78 is 0. The lowest BCUT2D eigenvalue weighted by Crippen LogP contribution is -2.62. The Kier molecular flexibility index (Phi) is 4.95. The van der Waals surface area contributed by atoms with Crippen LogP contribution in [0, 0.1) is 0 Å².